The Hall–Kier alpha value is -1.16. The molecule has 146 valence electrons. The minimum Gasteiger partial charge on any atom is -0.356 e. The van der Waals surface area contributed by atoms with Gasteiger partial charge >= 0.3 is 0 Å². The summed E-state index contributed by atoms with van der Waals surface area (Å²) in [5.41, 5.74) is 3.55. The van der Waals surface area contributed by atoms with Crippen LogP contribution in [0.3, 0.4) is 0 Å². The number of nitrogens with zero attached hydrogens (tertiary/aromatic N) is 5. The van der Waals surface area contributed by atoms with E-state index < -0.39 is 0 Å². The van der Waals surface area contributed by atoms with Gasteiger partial charge in [-0.2, -0.15) is 5.10 Å². The Balaban J connectivity index is 0.00000338. The predicted molar refractivity (Wildman–Crippen MR) is 121 cm³/mol. The van der Waals surface area contributed by atoms with Crippen LogP contribution in [0.1, 0.15) is 48.6 Å². The summed E-state index contributed by atoms with van der Waals surface area (Å²) in [6.45, 7) is 8.11. The molecule has 0 aromatic carbocycles. The zero-order chi connectivity index (χ0) is 18.4. The van der Waals surface area contributed by atoms with Gasteiger partial charge in [0.25, 0.3) is 0 Å². The third-order valence-corrected chi connectivity index (χ3v) is 5.07. The van der Waals surface area contributed by atoms with Crippen molar-refractivity contribution in [2.24, 2.45) is 12.0 Å². The Morgan fingerprint density at radius 3 is 2.73 bits per heavy atom. The van der Waals surface area contributed by atoms with Gasteiger partial charge < -0.3 is 10.2 Å². The summed E-state index contributed by atoms with van der Waals surface area (Å²) in [6, 6.07) is 0. The molecule has 8 heteroatoms. The number of thiazole rings is 1. The van der Waals surface area contributed by atoms with Gasteiger partial charge in [0, 0.05) is 57.8 Å². The summed E-state index contributed by atoms with van der Waals surface area (Å²) in [6.07, 6.45) is 4.01. The smallest absolute Gasteiger partial charge is 0.193 e. The fraction of sp³-hybridized carbons (Fsp3) is 0.611. The second-order valence-corrected chi connectivity index (χ2v) is 7.48. The second-order valence-electron chi connectivity index (χ2n) is 6.53. The van der Waals surface area contributed by atoms with E-state index in [9.17, 15) is 0 Å². The number of hydrogen-bond donors (Lipinski definition) is 1. The van der Waals surface area contributed by atoms with Crippen molar-refractivity contribution in [1.29, 1.82) is 0 Å². The van der Waals surface area contributed by atoms with Crippen molar-refractivity contribution in [2.45, 2.75) is 46.1 Å². The minimum atomic E-state index is 0. The van der Waals surface area contributed by atoms with Gasteiger partial charge in [-0.15, -0.1) is 35.3 Å². The van der Waals surface area contributed by atoms with Crippen LogP contribution in [-0.4, -0.2) is 46.3 Å². The molecule has 2 rings (SSSR count). The van der Waals surface area contributed by atoms with Crippen LogP contribution in [0.15, 0.2) is 16.6 Å². The number of nitrogens with one attached hydrogen (secondary N) is 1. The highest BCUT2D eigenvalue weighted by molar-refractivity contribution is 14.0. The molecule has 0 atom stereocenters. The maximum Gasteiger partial charge on any atom is 0.193 e. The Bertz CT molecular complexity index is 706. The molecule has 0 fully saturated rings. The van der Waals surface area contributed by atoms with Gasteiger partial charge in [-0.1, -0.05) is 20.8 Å². The largest absolute Gasteiger partial charge is 0.356 e. The van der Waals surface area contributed by atoms with Crippen molar-refractivity contribution in [1.82, 2.24) is 25.0 Å². The molecular weight excluding hydrogens is 459 g/mol. The molecule has 0 saturated carbocycles. The molecule has 0 spiro atoms. The summed E-state index contributed by atoms with van der Waals surface area (Å²) in [4.78, 5) is 11.2. The number of aliphatic imine (C=N–C) groups is 1. The summed E-state index contributed by atoms with van der Waals surface area (Å²) in [7, 11) is 5.86. The van der Waals surface area contributed by atoms with E-state index in [1.165, 1.54) is 10.6 Å². The number of hydrogen-bond acceptors (Lipinski definition) is 4. The molecule has 0 unspecified atom stereocenters. The van der Waals surface area contributed by atoms with Crippen LogP contribution in [0.4, 0.5) is 0 Å². The first-order valence-corrected chi connectivity index (χ1v) is 9.70. The molecule has 0 radical (unpaired) electrons. The normalized spacial score (nSPS) is 11.6. The molecule has 2 heterocycles. The quantitative estimate of drug-likeness (QED) is 0.367. The second kappa shape index (κ2) is 10.9. The molecular formula is C18H31IN6S. The highest BCUT2D eigenvalue weighted by atomic mass is 127. The molecule has 0 aliphatic carbocycles. The maximum atomic E-state index is 4.61. The van der Waals surface area contributed by atoms with Crippen molar-refractivity contribution in [3.63, 3.8) is 0 Å². The predicted octanol–water partition coefficient (Wildman–Crippen LogP) is 3.43. The molecule has 1 N–H and O–H groups in total. The van der Waals surface area contributed by atoms with E-state index in [2.05, 4.69) is 64.7 Å². The number of rotatable bonds is 7. The number of halogens is 1. The summed E-state index contributed by atoms with van der Waals surface area (Å²) >= 11 is 1.74. The van der Waals surface area contributed by atoms with Crippen LogP contribution < -0.4 is 5.32 Å². The maximum absolute atomic E-state index is 4.61. The lowest BCUT2D eigenvalue weighted by atomic mass is 10.1. The van der Waals surface area contributed by atoms with Crippen molar-refractivity contribution in [3.8, 4) is 0 Å². The van der Waals surface area contributed by atoms with Gasteiger partial charge in [-0.3, -0.25) is 9.67 Å². The third-order valence-electron chi connectivity index (χ3n) is 4.03. The summed E-state index contributed by atoms with van der Waals surface area (Å²) in [5.74, 6) is 1.31. The lowest BCUT2D eigenvalue weighted by molar-refractivity contribution is 0.473. The van der Waals surface area contributed by atoms with E-state index >= 15 is 0 Å². The lowest BCUT2D eigenvalue weighted by Gasteiger charge is -2.22. The average molecular weight is 490 g/mol. The minimum absolute atomic E-state index is 0. The SMILES string of the molecule is CCc1nc(CCNC(=NC)N(C)Cc2cn(C)nc2C(C)C)cs1.I. The molecule has 0 amide bonds. The van der Waals surface area contributed by atoms with Crippen LogP contribution in [0.2, 0.25) is 0 Å². The van der Waals surface area contributed by atoms with Crippen LogP contribution in [-0.2, 0) is 26.4 Å². The van der Waals surface area contributed by atoms with Gasteiger partial charge in [-0.05, 0) is 12.3 Å². The zero-order valence-electron chi connectivity index (χ0n) is 16.6. The first kappa shape index (κ1) is 22.9. The molecule has 2 aromatic heterocycles. The molecule has 0 bridgehead atoms. The van der Waals surface area contributed by atoms with E-state index in [1.54, 1.807) is 11.3 Å². The lowest BCUT2D eigenvalue weighted by Crippen LogP contribution is -2.39. The zero-order valence-corrected chi connectivity index (χ0v) is 19.8. The number of guanidine groups is 1. The average Bonchev–Trinajstić information content (AvgIpc) is 3.17. The molecule has 2 aromatic rings. The fourth-order valence-electron chi connectivity index (χ4n) is 2.81. The number of aromatic nitrogens is 3. The van der Waals surface area contributed by atoms with Crippen LogP contribution >= 0.6 is 35.3 Å². The van der Waals surface area contributed by atoms with Gasteiger partial charge in [0.2, 0.25) is 0 Å². The van der Waals surface area contributed by atoms with E-state index in [-0.39, 0.29) is 24.0 Å². The van der Waals surface area contributed by atoms with Crippen LogP contribution in [0.25, 0.3) is 0 Å². The topological polar surface area (TPSA) is 58.3 Å². The van der Waals surface area contributed by atoms with E-state index in [0.29, 0.717) is 5.92 Å². The summed E-state index contributed by atoms with van der Waals surface area (Å²) < 4.78 is 1.89. The van der Waals surface area contributed by atoms with E-state index in [0.717, 1.165) is 43.3 Å². The first-order chi connectivity index (χ1) is 11.9. The summed E-state index contributed by atoms with van der Waals surface area (Å²) in [5, 5.41) is 11.4. The Labute approximate surface area is 178 Å². The Morgan fingerprint density at radius 2 is 2.15 bits per heavy atom. The van der Waals surface area contributed by atoms with Crippen molar-refractivity contribution >= 4 is 41.3 Å². The standard InChI is InChI=1S/C18H30N6S.HI/c1-7-16-21-15(12-25-16)8-9-20-18(19-4)23(5)10-14-11-24(6)22-17(14)13(2)3;/h11-13H,7-10H2,1-6H3,(H,19,20);1H. The monoisotopic (exact) mass is 490 g/mol. The van der Waals surface area contributed by atoms with Crippen LogP contribution in [0, 0.1) is 0 Å². The van der Waals surface area contributed by atoms with Gasteiger partial charge in [0.1, 0.15) is 0 Å². The molecule has 0 saturated heterocycles. The van der Waals surface area contributed by atoms with E-state index in [1.807, 2.05) is 18.8 Å². The Kier molecular flexibility index (Phi) is 9.56. The van der Waals surface area contributed by atoms with Crippen molar-refractivity contribution < 1.29 is 0 Å². The van der Waals surface area contributed by atoms with Gasteiger partial charge in [-0.25, -0.2) is 4.98 Å². The highest BCUT2D eigenvalue weighted by Crippen LogP contribution is 2.18. The van der Waals surface area contributed by atoms with Crippen molar-refractivity contribution in [2.75, 3.05) is 20.6 Å². The fourth-order valence-corrected chi connectivity index (χ4v) is 3.59. The Morgan fingerprint density at radius 1 is 1.42 bits per heavy atom. The molecule has 6 nitrogen and oxygen atoms in total. The highest BCUT2D eigenvalue weighted by Gasteiger charge is 2.15. The van der Waals surface area contributed by atoms with E-state index in [4.69, 9.17) is 0 Å². The number of aryl methyl sites for hydroxylation is 2. The third kappa shape index (κ3) is 6.22. The van der Waals surface area contributed by atoms with Gasteiger partial charge in [0.15, 0.2) is 5.96 Å². The first-order valence-electron chi connectivity index (χ1n) is 8.82. The molecule has 0 aliphatic heterocycles. The van der Waals surface area contributed by atoms with Crippen LogP contribution in [0.5, 0.6) is 0 Å². The van der Waals surface area contributed by atoms with Crippen molar-refractivity contribution in [3.05, 3.63) is 33.5 Å². The molecule has 0 aliphatic rings. The van der Waals surface area contributed by atoms with Gasteiger partial charge in [0.05, 0.1) is 16.4 Å². The molecule has 26 heavy (non-hydrogen) atoms.